The topological polar surface area (TPSA) is 43.6 Å². The van der Waals surface area contributed by atoms with Gasteiger partial charge in [0.25, 0.3) is 5.95 Å². The van der Waals surface area contributed by atoms with Crippen LogP contribution in [0.3, 0.4) is 0 Å². The molecule has 0 aliphatic carbocycles. The van der Waals surface area contributed by atoms with Crippen molar-refractivity contribution in [2.24, 2.45) is 0 Å². The Bertz CT molecular complexity index is 371. The minimum absolute atomic E-state index is 0.413. The fraction of sp³-hybridized carbons (Fsp3) is 0. The standard InChI is InChI=1S/C7H5ClN4/c8-6-2-4-9-7(11-6)12-5-1-3-10-12/h1-5H. The van der Waals surface area contributed by atoms with Crippen molar-refractivity contribution < 1.29 is 0 Å². The van der Waals surface area contributed by atoms with E-state index in [2.05, 4.69) is 15.1 Å². The Morgan fingerprint density at radius 3 is 2.92 bits per heavy atom. The number of hydrogen-bond acceptors (Lipinski definition) is 3. The number of aromatic nitrogens is 4. The Balaban J connectivity index is 2.48. The third-order valence-electron chi connectivity index (χ3n) is 1.32. The van der Waals surface area contributed by atoms with Crippen LogP contribution in [0.25, 0.3) is 5.95 Å². The normalized spacial score (nSPS) is 10.1. The zero-order chi connectivity index (χ0) is 8.39. The minimum Gasteiger partial charge on any atom is -0.220 e. The highest BCUT2D eigenvalue weighted by Gasteiger charge is 1.98. The van der Waals surface area contributed by atoms with Gasteiger partial charge in [-0.3, -0.25) is 0 Å². The largest absolute Gasteiger partial charge is 0.251 e. The lowest BCUT2D eigenvalue weighted by molar-refractivity contribution is 0.808. The highest BCUT2D eigenvalue weighted by molar-refractivity contribution is 6.29. The third kappa shape index (κ3) is 1.29. The van der Waals surface area contributed by atoms with Gasteiger partial charge in [-0.1, -0.05) is 11.6 Å². The number of hydrogen-bond donors (Lipinski definition) is 0. The molecule has 0 radical (unpaired) electrons. The molecule has 0 unspecified atom stereocenters. The highest BCUT2D eigenvalue weighted by Crippen LogP contribution is 2.04. The van der Waals surface area contributed by atoms with Gasteiger partial charge in [0.1, 0.15) is 5.15 Å². The van der Waals surface area contributed by atoms with Gasteiger partial charge >= 0.3 is 0 Å². The average molecular weight is 181 g/mol. The molecule has 0 aliphatic heterocycles. The van der Waals surface area contributed by atoms with Crippen LogP contribution in [0.1, 0.15) is 0 Å². The van der Waals surface area contributed by atoms with Gasteiger partial charge in [-0.05, 0) is 12.1 Å². The van der Waals surface area contributed by atoms with E-state index < -0.39 is 0 Å². The molecular weight excluding hydrogens is 176 g/mol. The van der Waals surface area contributed by atoms with Gasteiger partial charge in [0.2, 0.25) is 0 Å². The van der Waals surface area contributed by atoms with Crippen molar-refractivity contribution in [1.82, 2.24) is 19.7 Å². The summed E-state index contributed by atoms with van der Waals surface area (Å²) >= 11 is 5.67. The molecule has 0 saturated heterocycles. The van der Waals surface area contributed by atoms with Crippen LogP contribution < -0.4 is 0 Å². The van der Waals surface area contributed by atoms with Crippen LogP contribution in [0.2, 0.25) is 5.15 Å². The molecule has 60 valence electrons. The van der Waals surface area contributed by atoms with Gasteiger partial charge in [0.15, 0.2) is 0 Å². The van der Waals surface area contributed by atoms with Crippen LogP contribution in [-0.4, -0.2) is 19.7 Å². The summed E-state index contributed by atoms with van der Waals surface area (Å²) in [6.45, 7) is 0. The molecule has 0 spiro atoms. The first-order valence-electron chi connectivity index (χ1n) is 3.35. The van der Waals surface area contributed by atoms with Gasteiger partial charge in [-0.2, -0.15) is 10.1 Å². The second kappa shape index (κ2) is 2.91. The van der Waals surface area contributed by atoms with E-state index >= 15 is 0 Å². The summed E-state index contributed by atoms with van der Waals surface area (Å²) < 4.78 is 1.55. The molecule has 0 N–H and O–H groups in total. The lowest BCUT2D eigenvalue weighted by atomic mass is 10.7. The fourth-order valence-electron chi connectivity index (χ4n) is 0.825. The predicted molar refractivity (Wildman–Crippen MR) is 44.2 cm³/mol. The van der Waals surface area contributed by atoms with Crippen molar-refractivity contribution in [2.75, 3.05) is 0 Å². The van der Waals surface area contributed by atoms with Crippen molar-refractivity contribution in [3.05, 3.63) is 35.9 Å². The van der Waals surface area contributed by atoms with Crippen molar-refractivity contribution in [1.29, 1.82) is 0 Å². The first-order valence-corrected chi connectivity index (χ1v) is 3.72. The molecular formula is C7H5ClN4. The Kier molecular flexibility index (Phi) is 1.75. The summed E-state index contributed by atoms with van der Waals surface area (Å²) in [5, 5.41) is 4.37. The lowest BCUT2D eigenvalue weighted by Gasteiger charge is -1.97. The molecule has 2 heterocycles. The average Bonchev–Trinajstić information content (AvgIpc) is 2.56. The van der Waals surface area contributed by atoms with Crippen molar-refractivity contribution >= 4 is 11.6 Å². The minimum atomic E-state index is 0.413. The van der Waals surface area contributed by atoms with Gasteiger partial charge in [0, 0.05) is 18.6 Å². The molecule has 0 atom stereocenters. The Morgan fingerprint density at radius 1 is 1.33 bits per heavy atom. The van der Waals surface area contributed by atoms with Crippen LogP contribution in [0.5, 0.6) is 0 Å². The summed E-state index contributed by atoms with van der Waals surface area (Å²) in [6.07, 6.45) is 5.00. The maximum Gasteiger partial charge on any atom is 0.251 e. The van der Waals surface area contributed by atoms with Crippen LogP contribution >= 0.6 is 11.6 Å². The molecule has 0 aliphatic rings. The second-order valence-electron chi connectivity index (χ2n) is 2.13. The number of nitrogens with zero attached hydrogens (tertiary/aromatic N) is 4. The number of rotatable bonds is 1. The molecule has 0 saturated carbocycles. The van der Waals surface area contributed by atoms with Crippen LogP contribution in [0, 0.1) is 0 Å². The van der Waals surface area contributed by atoms with Crippen molar-refractivity contribution in [3.63, 3.8) is 0 Å². The molecule has 5 heteroatoms. The van der Waals surface area contributed by atoms with E-state index in [-0.39, 0.29) is 0 Å². The Hall–Kier alpha value is -1.42. The van der Waals surface area contributed by atoms with Crippen molar-refractivity contribution in [3.8, 4) is 5.95 Å². The summed E-state index contributed by atoms with van der Waals surface area (Å²) in [6, 6.07) is 3.42. The monoisotopic (exact) mass is 180 g/mol. The van der Waals surface area contributed by atoms with Crippen LogP contribution in [0.4, 0.5) is 0 Å². The van der Waals surface area contributed by atoms with Gasteiger partial charge in [-0.15, -0.1) is 0 Å². The maximum atomic E-state index is 5.67. The zero-order valence-electron chi connectivity index (χ0n) is 6.05. The van der Waals surface area contributed by atoms with Crippen LogP contribution in [-0.2, 0) is 0 Å². The maximum absolute atomic E-state index is 5.67. The predicted octanol–water partition coefficient (Wildman–Crippen LogP) is 1.32. The first kappa shape index (κ1) is 7.24. The first-order chi connectivity index (χ1) is 5.86. The number of halogens is 1. The van der Waals surface area contributed by atoms with E-state index in [4.69, 9.17) is 11.6 Å². The molecule has 2 aromatic heterocycles. The van der Waals surface area contributed by atoms with Crippen molar-refractivity contribution in [2.45, 2.75) is 0 Å². The fourth-order valence-corrected chi connectivity index (χ4v) is 0.957. The smallest absolute Gasteiger partial charge is 0.220 e. The second-order valence-corrected chi connectivity index (χ2v) is 2.52. The summed E-state index contributed by atoms with van der Waals surface area (Å²) in [5.74, 6) is 0.479. The van der Waals surface area contributed by atoms with Gasteiger partial charge < -0.3 is 0 Å². The summed E-state index contributed by atoms with van der Waals surface area (Å²) in [7, 11) is 0. The molecule has 12 heavy (non-hydrogen) atoms. The lowest BCUT2D eigenvalue weighted by Crippen LogP contribution is -2.00. The molecule has 2 rings (SSSR count). The van der Waals surface area contributed by atoms with E-state index in [1.807, 2.05) is 0 Å². The molecule has 0 bridgehead atoms. The van der Waals surface area contributed by atoms with Crippen LogP contribution in [0.15, 0.2) is 30.7 Å². The van der Waals surface area contributed by atoms with Gasteiger partial charge in [-0.25, -0.2) is 9.67 Å². The Labute approximate surface area is 73.8 Å². The zero-order valence-corrected chi connectivity index (χ0v) is 6.81. The molecule has 4 nitrogen and oxygen atoms in total. The quantitative estimate of drug-likeness (QED) is 0.622. The van der Waals surface area contributed by atoms with E-state index in [0.29, 0.717) is 11.1 Å². The third-order valence-corrected chi connectivity index (χ3v) is 1.53. The summed E-state index contributed by atoms with van der Waals surface area (Å²) in [4.78, 5) is 7.96. The van der Waals surface area contributed by atoms with E-state index in [1.54, 1.807) is 35.4 Å². The molecule has 2 aromatic rings. The molecule has 0 aromatic carbocycles. The van der Waals surface area contributed by atoms with E-state index in [0.717, 1.165) is 0 Å². The molecule has 0 fully saturated rings. The molecule has 0 amide bonds. The SMILES string of the molecule is Clc1ccnc(-n2cccn2)n1. The Morgan fingerprint density at radius 2 is 2.25 bits per heavy atom. The van der Waals surface area contributed by atoms with E-state index in [1.165, 1.54) is 0 Å². The van der Waals surface area contributed by atoms with E-state index in [9.17, 15) is 0 Å². The van der Waals surface area contributed by atoms with Gasteiger partial charge in [0.05, 0.1) is 0 Å². The highest BCUT2D eigenvalue weighted by atomic mass is 35.5. The summed E-state index contributed by atoms with van der Waals surface area (Å²) in [5.41, 5.74) is 0.